The zero-order valence-electron chi connectivity index (χ0n) is 11.5. The van der Waals surface area contributed by atoms with Crippen LogP contribution in [0.4, 0.5) is 0 Å². The van der Waals surface area contributed by atoms with Crippen LogP contribution in [0.5, 0.6) is 0 Å². The second-order valence-corrected chi connectivity index (χ2v) is 6.34. The van der Waals surface area contributed by atoms with E-state index in [0.717, 1.165) is 0 Å². The third-order valence-electron chi connectivity index (χ3n) is 3.27. The summed E-state index contributed by atoms with van der Waals surface area (Å²) in [7, 11) is -2.09. The second-order valence-electron chi connectivity index (χ2n) is 4.52. The molecule has 0 radical (unpaired) electrons. The molecule has 2 rings (SSSR count). The first kappa shape index (κ1) is 14.9. The number of carbonyl (C=O) groups excluding carboxylic acids is 1. The number of nitrogens with zero attached hydrogens (tertiary/aromatic N) is 4. The summed E-state index contributed by atoms with van der Waals surface area (Å²) in [6, 6.07) is 0. The largest absolute Gasteiger partial charge is 0.376 e. The molecule has 2 heterocycles. The van der Waals surface area contributed by atoms with E-state index in [1.165, 1.54) is 15.1 Å². The lowest BCUT2D eigenvalue weighted by atomic mass is 10.4. The van der Waals surface area contributed by atoms with Crippen LogP contribution in [-0.2, 0) is 26.6 Å². The van der Waals surface area contributed by atoms with Crippen molar-refractivity contribution >= 4 is 16.1 Å². The Morgan fingerprint density at radius 3 is 2.70 bits per heavy atom. The number of aryl methyl sites for hydroxylation is 2. The van der Waals surface area contributed by atoms with E-state index < -0.39 is 16.2 Å². The number of isocyanates is 1. The van der Waals surface area contributed by atoms with E-state index in [9.17, 15) is 13.2 Å². The van der Waals surface area contributed by atoms with Crippen molar-refractivity contribution in [1.29, 1.82) is 0 Å². The van der Waals surface area contributed by atoms with Gasteiger partial charge >= 0.3 is 0 Å². The molecule has 1 fully saturated rings. The average Bonchev–Trinajstić information content (AvgIpc) is 2.64. The van der Waals surface area contributed by atoms with Gasteiger partial charge in [0.1, 0.15) is 4.90 Å². The van der Waals surface area contributed by atoms with Crippen LogP contribution in [0.1, 0.15) is 11.4 Å². The number of ether oxygens (including phenoxy) is 1. The van der Waals surface area contributed by atoms with Gasteiger partial charge in [0.15, 0.2) is 6.17 Å². The van der Waals surface area contributed by atoms with Gasteiger partial charge in [0, 0.05) is 13.6 Å². The number of morpholine rings is 1. The fraction of sp³-hybridized carbons (Fsp3) is 0.636. The van der Waals surface area contributed by atoms with Gasteiger partial charge in [-0.05, 0) is 13.8 Å². The molecular formula is C11H16N4O4S. The van der Waals surface area contributed by atoms with Gasteiger partial charge in [-0.2, -0.15) is 14.4 Å². The Hall–Kier alpha value is -1.54. The summed E-state index contributed by atoms with van der Waals surface area (Å²) >= 11 is 0. The van der Waals surface area contributed by atoms with E-state index in [1.807, 2.05) is 0 Å². The second kappa shape index (κ2) is 5.45. The third-order valence-corrected chi connectivity index (χ3v) is 5.42. The lowest BCUT2D eigenvalue weighted by Crippen LogP contribution is -2.47. The van der Waals surface area contributed by atoms with E-state index in [0.29, 0.717) is 11.4 Å². The molecule has 0 spiro atoms. The summed E-state index contributed by atoms with van der Waals surface area (Å²) in [6.45, 7) is 3.78. The highest BCUT2D eigenvalue weighted by Crippen LogP contribution is 2.26. The smallest absolute Gasteiger partial charge is 0.248 e. The first-order chi connectivity index (χ1) is 9.39. The molecule has 1 aliphatic rings. The van der Waals surface area contributed by atoms with Crippen LogP contribution in [0.25, 0.3) is 0 Å². The minimum absolute atomic E-state index is 0.0484. The maximum Gasteiger partial charge on any atom is 0.248 e. The van der Waals surface area contributed by atoms with Gasteiger partial charge in [-0.25, -0.2) is 13.2 Å². The molecular weight excluding hydrogens is 284 g/mol. The Kier molecular flexibility index (Phi) is 4.05. The SMILES string of the molecule is Cc1nn(C)c(C)c1S(=O)(=O)N1CCOCC1N=C=O. The van der Waals surface area contributed by atoms with E-state index >= 15 is 0 Å². The Bertz CT molecular complexity index is 660. The fourth-order valence-electron chi connectivity index (χ4n) is 2.26. The fourth-order valence-corrected chi connectivity index (χ4v) is 4.16. The van der Waals surface area contributed by atoms with Gasteiger partial charge in [0.2, 0.25) is 16.1 Å². The van der Waals surface area contributed by atoms with E-state index in [4.69, 9.17) is 4.74 Å². The Morgan fingerprint density at radius 2 is 2.15 bits per heavy atom. The van der Waals surface area contributed by atoms with Crippen LogP contribution in [0.15, 0.2) is 9.89 Å². The van der Waals surface area contributed by atoms with E-state index in [-0.39, 0.29) is 24.7 Å². The van der Waals surface area contributed by atoms with Crippen molar-refractivity contribution in [3.63, 3.8) is 0 Å². The van der Waals surface area contributed by atoms with Gasteiger partial charge < -0.3 is 4.74 Å². The van der Waals surface area contributed by atoms with Crippen LogP contribution in [-0.4, -0.2) is 54.5 Å². The van der Waals surface area contributed by atoms with Crippen LogP contribution in [0.3, 0.4) is 0 Å². The van der Waals surface area contributed by atoms with Crippen molar-refractivity contribution in [3.05, 3.63) is 11.4 Å². The molecule has 1 aliphatic heterocycles. The lowest BCUT2D eigenvalue weighted by Gasteiger charge is -2.31. The molecule has 1 atom stereocenters. The summed E-state index contributed by atoms with van der Waals surface area (Å²) < 4.78 is 33.4. The summed E-state index contributed by atoms with van der Waals surface area (Å²) in [5.74, 6) is 0. The number of rotatable bonds is 3. The summed E-state index contributed by atoms with van der Waals surface area (Å²) in [5.41, 5.74) is 0.966. The van der Waals surface area contributed by atoms with Gasteiger partial charge in [-0.15, -0.1) is 0 Å². The first-order valence-electron chi connectivity index (χ1n) is 6.06. The van der Waals surface area contributed by atoms with Crippen molar-refractivity contribution < 1.29 is 17.9 Å². The van der Waals surface area contributed by atoms with Crippen molar-refractivity contribution in [3.8, 4) is 0 Å². The molecule has 0 aliphatic carbocycles. The van der Waals surface area contributed by atoms with Gasteiger partial charge in [-0.1, -0.05) is 0 Å². The quantitative estimate of drug-likeness (QED) is 0.565. The topological polar surface area (TPSA) is 93.9 Å². The number of sulfonamides is 1. The summed E-state index contributed by atoms with van der Waals surface area (Å²) in [6.07, 6.45) is 0.523. The van der Waals surface area contributed by atoms with Crippen LogP contribution < -0.4 is 0 Å². The zero-order chi connectivity index (χ0) is 14.9. The van der Waals surface area contributed by atoms with E-state index in [1.54, 1.807) is 20.9 Å². The Morgan fingerprint density at radius 1 is 1.45 bits per heavy atom. The predicted molar refractivity (Wildman–Crippen MR) is 69.3 cm³/mol. The monoisotopic (exact) mass is 300 g/mol. The molecule has 0 amide bonds. The average molecular weight is 300 g/mol. The molecule has 8 nitrogen and oxygen atoms in total. The highest BCUT2D eigenvalue weighted by molar-refractivity contribution is 7.89. The Balaban J connectivity index is 2.50. The van der Waals surface area contributed by atoms with Crippen molar-refractivity contribution in [2.45, 2.75) is 24.9 Å². The van der Waals surface area contributed by atoms with Crippen molar-refractivity contribution in [2.75, 3.05) is 19.8 Å². The molecule has 9 heteroatoms. The number of aliphatic imine (C=N–C) groups is 1. The highest BCUT2D eigenvalue weighted by atomic mass is 32.2. The molecule has 0 N–H and O–H groups in total. The lowest BCUT2D eigenvalue weighted by molar-refractivity contribution is 0.0359. The molecule has 1 unspecified atom stereocenters. The minimum Gasteiger partial charge on any atom is -0.376 e. The molecule has 0 aromatic carbocycles. The zero-order valence-corrected chi connectivity index (χ0v) is 12.3. The number of aromatic nitrogens is 2. The standard InChI is InChI=1S/C11H16N4O4S/c1-8-11(9(2)14(3)13-8)20(17,18)15-4-5-19-6-10(15)12-7-16/h10H,4-6H2,1-3H3. The number of hydrogen-bond acceptors (Lipinski definition) is 6. The van der Waals surface area contributed by atoms with Crippen molar-refractivity contribution in [2.24, 2.45) is 12.0 Å². The number of hydrogen-bond donors (Lipinski definition) is 0. The Labute approximate surface area is 117 Å². The van der Waals surface area contributed by atoms with Crippen molar-refractivity contribution in [1.82, 2.24) is 14.1 Å². The van der Waals surface area contributed by atoms with Gasteiger partial charge in [0.25, 0.3) is 0 Å². The maximum absolute atomic E-state index is 12.8. The molecule has 0 bridgehead atoms. The molecule has 110 valence electrons. The third kappa shape index (κ3) is 2.40. The molecule has 20 heavy (non-hydrogen) atoms. The molecule has 1 aromatic rings. The highest BCUT2D eigenvalue weighted by Gasteiger charge is 2.37. The summed E-state index contributed by atoms with van der Waals surface area (Å²) in [5, 5.41) is 4.11. The molecule has 1 saturated heterocycles. The van der Waals surface area contributed by atoms with Gasteiger partial charge in [-0.3, -0.25) is 4.68 Å². The normalized spacial score (nSPS) is 20.6. The molecule has 0 saturated carbocycles. The van der Waals surface area contributed by atoms with Crippen LogP contribution >= 0.6 is 0 Å². The van der Waals surface area contributed by atoms with Gasteiger partial charge in [0.05, 0.1) is 24.6 Å². The predicted octanol–water partition coefficient (Wildman–Crippen LogP) is -0.280. The van der Waals surface area contributed by atoms with E-state index in [2.05, 4.69) is 10.1 Å². The van der Waals surface area contributed by atoms with Crippen LogP contribution in [0, 0.1) is 13.8 Å². The maximum atomic E-state index is 12.8. The molecule has 1 aromatic heterocycles. The summed E-state index contributed by atoms with van der Waals surface area (Å²) in [4.78, 5) is 14.1. The van der Waals surface area contributed by atoms with Crippen LogP contribution in [0.2, 0.25) is 0 Å². The first-order valence-corrected chi connectivity index (χ1v) is 7.50. The minimum atomic E-state index is -3.78.